The Hall–Kier alpha value is -2.20. The average molecular weight is 475 g/mol. The van der Waals surface area contributed by atoms with Gasteiger partial charge in [-0.25, -0.2) is 4.79 Å². The van der Waals surface area contributed by atoms with Crippen LogP contribution in [0.2, 0.25) is 0 Å². The molecule has 2 N–H and O–H groups in total. The molecule has 3 saturated heterocycles. The Morgan fingerprint density at radius 1 is 1.00 bits per heavy atom. The van der Waals surface area contributed by atoms with Gasteiger partial charge in [0.1, 0.15) is 0 Å². The third kappa shape index (κ3) is 6.69. The summed E-state index contributed by atoms with van der Waals surface area (Å²) in [6.07, 6.45) is 1.11. The van der Waals surface area contributed by atoms with Crippen molar-refractivity contribution in [1.82, 2.24) is 20.4 Å². The van der Waals surface area contributed by atoms with Crippen molar-refractivity contribution in [1.29, 1.82) is 0 Å². The van der Waals surface area contributed by atoms with E-state index in [0.717, 1.165) is 51.5 Å². The van der Waals surface area contributed by atoms with E-state index in [1.807, 2.05) is 43.0 Å². The lowest BCUT2D eigenvalue weighted by atomic mass is 9.97. The second-order valence-electron chi connectivity index (χ2n) is 9.57. The molecule has 1 aromatic rings. The minimum atomic E-state index is -0.186. The molecule has 0 spiro atoms. The molecule has 1 aromatic carbocycles. The Morgan fingerprint density at radius 3 is 2.35 bits per heavy atom. The van der Waals surface area contributed by atoms with Gasteiger partial charge in [0.15, 0.2) is 0 Å². The van der Waals surface area contributed by atoms with Gasteiger partial charge in [0.2, 0.25) is 0 Å². The standard InChI is InChI=1S/C25H38N4O5/c1-18-15-29(16-19(2)34-18)24(30)21-5-3-20(4-6-21)13-26-25(31)27-14-23(22-7-10-33-17-22)28-8-11-32-12-9-28/h3-6,18-19,22-23H,7-17H2,1-2H3,(H2,26,27,31). The van der Waals surface area contributed by atoms with Crippen molar-refractivity contribution in [3.8, 4) is 0 Å². The van der Waals surface area contributed by atoms with Crippen molar-refractivity contribution in [3.05, 3.63) is 35.4 Å². The number of ether oxygens (including phenoxy) is 3. The van der Waals surface area contributed by atoms with Crippen LogP contribution in [-0.4, -0.2) is 99.1 Å². The van der Waals surface area contributed by atoms with Gasteiger partial charge in [-0.1, -0.05) is 12.1 Å². The number of morpholine rings is 2. The molecule has 3 fully saturated rings. The summed E-state index contributed by atoms with van der Waals surface area (Å²) in [5, 5.41) is 5.98. The van der Waals surface area contributed by atoms with Crippen LogP contribution in [0, 0.1) is 5.92 Å². The highest BCUT2D eigenvalue weighted by atomic mass is 16.5. The van der Waals surface area contributed by atoms with Gasteiger partial charge in [0.25, 0.3) is 5.91 Å². The molecule has 0 aromatic heterocycles. The van der Waals surface area contributed by atoms with E-state index < -0.39 is 0 Å². The van der Waals surface area contributed by atoms with E-state index in [-0.39, 0.29) is 30.2 Å². The van der Waals surface area contributed by atoms with Crippen molar-refractivity contribution in [2.24, 2.45) is 5.92 Å². The zero-order valence-corrected chi connectivity index (χ0v) is 20.3. The molecule has 3 amide bonds. The van der Waals surface area contributed by atoms with E-state index in [1.165, 1.54) is 0 Å². The smallest absolute Gasteiger partial charge is 0.315 e. The number of rotatable bonds is 7. The van der Waals surface area contributed by atoms with Gasteiger partial charge < -0.3 is 29.7 Å². The SMILES string of the molecule is CC1CN(C(=O)c2ccc(CNC(=O)NCC(C3CCOC3)N3CCOCC3)cc2)CC(C)O1. The molecule has 34 heavy (non-hydrogen) atoms. The lowest BCUT2D eigenvalue weighted by Crippen LogP contribution is -2.53. The lowest BCUT2D eigenvalue weighted by Gasteiger charge is -2.37. The summed E-state index contributed by atoms with van der Waals surface area (Å²) in [5.74, 6) is 0.449. The fraction of sp³-hybridized carbons (Fsp3) is 0.680. The molecule has 0 radical (unpaired) electrons. The van der Waals surface area contributed by atoms with E-state index >= 15 is 0 Å². The van der Waals surface area contributed by atoms with Gasteiger partial charge in [-0.2, -0.15) is 0 Å². The first-order valence-electron chi connectivity index (χ1n) is 12.4. The van der Waals surface area contributed by atoms with E-state index in [9.17, 15) is 9.59 Å². The zero-order chi connectivity index (χ0) is 23.9. The van der Waals surface area contributed by atoms with Gasteiger partial charge in [0, 0.05) is 63.4 Å². The van der Waals surface area contributed by atoms with Crippen LogP contribution in [0.4, 0.5) is 4.79 Å². The fourth-order valence-corrected chi connectivity index (χ4v) is 5.09. The Bertz CT molecular complexity index is 798. The summed E-state index contributed by atoms with van der Waals surface area (Å²) < 4.78 is 16.8. The first-order valence-corrected chi connectivity index (χ1v) is 12.4. The minimum absolute atomic E-state index is 0.0179. The van der Waals surface area contributed by atoms with E-state index in [4.69, 9.17) is 14.2 Å². The molecule has 4 rings (SSSR count). The van der Waals surface area contributed by atoms with Crippen LogP contribution < -0.4 is 10.6 Å². The molecule has 188 valence electrons. The Morgan fingerprint density at radius 2 is 1.71 bits per heavy atom. The van der Waals surface area contributed by atoms with E-state index in [0.29, 0.717) is 37.7 Å². The first kappa shape index (κ1) is 24.9. The van der Waals surface area contributed by atoms with E-state index in [1.54, 1.807) is 0 Å². The maximum absolute atomic E-state index is 12.8. The summed E-state index contributed by atoms with van der Waals surface area (Å²) in [6, 6.07) is 7.52. The number of carbonyl (C=O) groups is 2. The van der Waals surface area contributed by atoms with E-state index in [2.05, 4.69) is 15.5 Å². The lowest BCUT2D eigenvalue weighted by molar-refractivity contribution is -0.0586. The van der Waals surface area contributed by atoms with Crippen LogP contribution >= 0.6 is 0 Å². The van der Waals surface area contributed by atoms with Crippen molar-refractivity contribution in [3.63, 3.8) is 0 Å². The topological polar surface area (TPSA) is 92.4 Å². The van der Waals surface area contributed by atoms with Crippen molar-refractivity contribution in [2.75, 3.05) is 59.2 Å². The van der Waals surface area contributed by atoms with Gasteiger partial charge in [-0.15, -0.1) is 0 Å². The highest BCUT2D eigenvalue weighted by Crippen LogP contribution is 2.22. The zero-order valence-electron chi connectivity index (χ0n) is 20.3. The van der Waals surface area contributed by atoms with Gasteiger partial charge in [-0.05, 0) is 38.0 Å². The molecule has 0 bridgehead atoms. The Kier molecular flexibility index (Phi) is 8.77. The number of nitrogens with one attached hydrogen (secondary N) is 2. The molecule has 3 aliphatic rings. The average Bonchev–Trinajstić information content (AvgIpc) is 3.37. The minimum Gasteiger partial charge on any atom is -0.381 e. The predicted molar refractivity (Wildman–Crippen MR) is 128 cm³/mol. The number of benzene rings is 1. The number of carbonyl (C=O) groups excluding carboxylic acids is 2. The first-order chi connectivity index (χ1) is 16.5. The van der Waals surface area contributed by atoms with Crippen LogP contribution in [0.1, 0.15) is 36.2 Å². The predicted octanol–water partition coefficient (Wildman–Crippen LogP) is 1.47. The number of hydrogen-bond acceptors (Lipinski definition) is 6. The second kappa shape index (κ2) is 12.0. The number of urea groups is 1. The van der Waals surface area contributed by atoms with Crippen molar-refractivity contribution in [2.45, 2.75) is 45.1 Å². The fourth-order valence-electron chi connectivity index (χ4n) is 5.09. The van der Waals surface area contributed by atoms with Crippen LogP contribution in [-0.2, 0) is 20.8 Å². The molecule has 3 heterocycles. The third-order valence-electron chi connectivity index (χ3n) is 6.86. The molecular formula is C25H38N4O5. The summed E-state index contributed by atoms with van der Waals surface area (Å²) in [4.78, 5) is 29.6. The quantitative estimate of drug-likeness (QED) is 0.622. The van der Waals surface area contributed by atoms with Crippen LogP contribution in [0.15, 0.2) is 24.3 Å². The van der Waals surface area contributed by atoms with Gasteiger partial charge in [-0.3, -0.25) is 9.69 Å². The summed E-state index contributed by atoms with van der Waals surface area (Å²) in [6.45, 7) is 11.0. The molecule has 0 saturated carbocycles. The third-order valence-corrected chi connectivity index (χ3v) is 6.86. The summed E-state index contributed by atoms with van der Waals surface area (Å²) in [5.41, 5.74) is 1.60. The van der Waals surface area contributed by atoms with Crippen LogP contribution in [0.25, 0.3) is 0 Å². The summed E-state index contributed by atoms with van der Waals surface area (Å²) in [7, 11) is 0. The largest absolute Gasteiger partial charge is 0.381 e. The van der Waals surface area contributed by atoms with Gasteiger partial charge >= 0.3 is 6.03 Å². The molecule has 9 heteroatoms. The molecule has 9 nitrogen and oxygen atoms in total. The maximum Gasteiger partial charge on any atom is 0.315 e. The van der Waals surface area contributed by atoms with Crippen LogP contribution in [0.5, 0.6) is 0 Å². The molecule has 4 unspecified atom stereocenters. The molecule has 3 aliphatic heterocycles. The second-order valence-corrected chi connectivity index (χ2v) is 9.57. The Labute approximate surface area is 202 Å². The summed E-state index contributed by atoms with van der Waals surface area (Å²) >= 11 is 0. The molecule has 0 aliphatic carbocycles. The van der Waals surface area contributed by atoms with Crippen LogP contribution in [0.3, 0.4) is 0 Å². The molecule has 4 atom stereocenters. The molecular weight excluding hydrogens is 436 g/mol. The maximum atomic E-state index is 12.8. The number of amides is 3. The number of hydrogen-bond donors (Lipinski definition) is 2. The van der Waals surface area contributed by atoms with Crippen molar-refractivity contribution >= 4 is 11.9 Å². The monoisotopic (exact) mass is 474 g/mol. The highest BCUT2D eigenvalue weighted by molar-refractivity contribution is 5.94. The highest BCUT2D eigenvalue weighted by Gasteiger charge is 2.32. The number of nitrogens with zero attached hydrogens (tertiary/aromatic N) is 2. The normalized spacial score (nSPS) is 26.8. The van der Waals surface area contributed by atoms with Gasteiger partial charge in [0.05, 0.1) is 32.0 Å². The van der Waals surface area contributed by atoms with Crippen molar-refractivity contribution < 1.29 is 23.8 Å². The Balaban J connectivity index is 1.24.